The Balaban J connectivity index is 1.71. The maximum Gasteiger partial charge on any atom is 0.406 e. The molecule has 0 radical (unpaired) electrons. The van der Waals surface area contributed by atoms with Crippen molar-refractivity contribution in [2.24, 2.45) is 0 Å². The van der Waals surface area contributed by atoms with Gasteiger partial charge in [-0.3, -0.25) is 4.79 Å². The van der Waals surface area contributed by atoms with E-state index in [0.717, 1.165) is 22.4 Å². The number of carbonyl (C=O) groups excluding carboxylic acids is 1. The van der Waals surface area contributed by atoms with E-state index >= 15 is 0 Å². The Hall–Kier alpha value is -1.56. The second-order valence-electron chi connectivity index (χ2n) is 5.88. The fourth-order valence-electron chi connectivity index (χ4n) is 2.92. The van der Waals surface area contributed by atoms with Crippen LogP contribution in [0.25, 0.3) is 0 Å². The van der Waals surface area contributed by atoms with Gasteiger partial charge in [0.05, 0.1) is 19.1 Å². The van der Waals surface area contributed by atoms with E-state index < -0.39 is 24.7 Å². The van der Waals surface area contributed by atoms with Crippen LogP contribution < -0.4 is 0 Å². The van der Waals surface area contributed by atoms with Crippen molar-refractivity contribution in [1.82, 2.24) is 4.90 Å². The molecule has 22 heavy (non-hydrogen) atoms. The molecule has 1 atom stereocenters. The molecule has 0 bridgehead atoms. The summed E-state index contributed by atoms with van der Waals surface area (Å²) < 4.78 is 43.6. The molecule has 2 aliphatic rings. The molecule has 3 nitrogen and oxygen atoms in total. The average Bonchev–Trinajstić information content (AvgIpc) is 3.29. The summed E-state index contributed by atoms with van der Waals surface area (Å²) in [6.07, 6.45) is -2.73. The molecule has 0 N–H and O–H groups in total. The third-order valence-corrected chi connectivity index (χ3v) is 4.11. The lowest BCUT2D eigenvalue weighted by atomic mass is 9.95. The van der Waals surface area contributed by atoms with Crippen molar-refractivity contribution in [3.05, 3.63) is 35.4 Å². The second kappa shape index (κ2) is 5.91. The molecule has 1 aliphatic heterocycles. The lowest BCUT2D eigenvalue weighted by molar-refractivity contribution is -0.164. The Morgan fingerprint density at radius 2 is 2.00 bits per heavy atom. The number of hydrogen-bond acceptors (Lipinski definition) is 2. The summed E-state index contributed by atoms with van der Waals surface area (Å²) in [7, 11) is 0. The van der Waals surface area contributed by atoms with Gasteiger partial charge >= 0.3 is 6.18 Å². The molecular weight excluding hydrogens is 295 g/mol. The summed E-state index contributed by atoms with van der Waals surface area (Å²) in [5, 5.41) is 0. The SMILES string of the molecule is O=C(CC1OCCc2ccccc21)N(CC(F)(F)F)C1CC1. The van der Waals surface area contributed by atoms with Gasteiger partial charge < -0.3 is 9.64 Å². The first-order chi connectivity index (χ1) is 10.4. The smallest absolute Gasteiger partial charge is 0.373 e. The van der Waals surface area contributed by atoms with Crippen LogP contribution in [0.4, 0.5) is 13.2 Å². The van der Waals surface area contributed by atoms with Gasteiger partial charge in [-0.2, -0.15) is 13.2 Å². The minimum atomic E-state index is -4.36. The van der Waals surface area contributed by atoms with E-state index in [2.05, 4.69) is 0 Å². The Morgan fingerprint density at radius 3 is 2.68 bits per heavy atom. The van der Waals surface area contributed by atoms with Crippen LogP contribution in [0.15, 0.2) is 24.3 Å². The quantitative estimate of drug-likeness (QED) is 0.854. The van der Waals surface area contributed by atoms with E-state index in [0.29, 0.717) is 19.4 Å². The molecule has 1 heterocycles. The molecule has 1 aromatic rings. The average molecular weight is 313 g/mol. The van der Waals surface area contributed by atoms with Crippen LogP contribution in [-0.4, -0.2) is 36.2 Å². The number of hydrogen-bond donors (Lipinski definition) is 0. The molecule has 1 amide bonds. The second-order valence-corrected chi connectivity index (χ2v) is 5.88. The summed E-state index contributed by atoms with van der Waals surface area (Å²) in [4.78, 5) is 13.3. The fraction of sp³-hybridized carbons (Fsp3) is 0.562. The zero-order valence-electron chi connectivity index (χ0n) is 12.1. The summed E-state index contributed by atoms with van der Waals surface area (Å²) in [6.45, 7) is -0.664. The normalized spacial score (nSPS) is 21.3. The minimum Gasteiger partial charge on any atom is -0.373 e. The van der Waals surface area contributed by atoms with Crippen molar-refractivity contribution in [2.75, 3.05) is 13.2 Å². The van der Waals surface area contributed by atoms with Crippen molar-refractivity contribution in [3.8, 4) is 0 Å². The van der Waals surface area contributed by atoms with Crippen molar-refractivity contribution in [3.63, 3.8) is 0 Å². The van der Waals surface area contributed by atoms with E-state index in [1.165, 1.54) is 0 Å². The maximum absolute atomic E-state index is 12.6. The molecule has 6 heteroatoms. The third-order valence-electron chi connectivity index (χ3n) is 4.11. The van der Waals surface area contributed by atoms with Crippen LogP contribution in [-0.2, 0) is 16.0 Å². The molecule has 120 valence electrons. The van der Waals surface area contributed by atoms with Gasteiger partial charge in [-0.15, -0.1) is 0 Å². The van der Waals surface area contributed by atoms with Crippen LogP contribution in [0.5, 0.6) is 0 Å². The van der Waals surface area contributed by atoms with Crippen molar-refractivity contribution in [2.45, 2.75) is 44.0 Å². The van der Waals surface area contributed by atoms with Crippen LogP contribution in [0.1, 0.15) is 36.5 Å². The highest BCUT2D eigenvalue weighted by Gasteiger charge is 2.41. The zero-order chi connectivity index (χ0) is 15.7. The molecule has 1 fully saturated rings. The number of nitrogens with zero attached hydrogens (tertiary/aromatic N) is 1. The summed E-state index contributed by atoms with van der Waals surface area (Å²) >= 11 is 0. The summed E-state index contributed by atoms with van der Waals surface area (Å²) in [6, 6.07) is 7.39. The highest BCUT2D eigenvalue weighted by atomic mass is 19.4. The lowest BCUT2D eigenvalue weighted by Crippen LogP contribution is -2.41. The summed E-state index contributed by atoms with van der Waals surface area (Å²) in [5.74, 6) is -0.471. The third kappa shape index (κ3) is 3.61. The lowest BCUT2D eigenvalue weighted by Gasteiger charge is -2.29. The minimum absolute atomic E-state index is 0.0242. The first kappa shape index (κ1) is 15.3. The highest BCUT2D eigenvalue weighted by Crippen LogP contribution is 2.34. The van der Waals surface area contributed by atoms with Gasteiger partial charge in [0.1, 0.15) is 6.54 Å². The molecular formula is C16H18F3NO2. The molecule has 1 aromatic carbocycles. The number of alkyl halides is 3. The number of halogens is 3. The van der Waals surface area contributed by atoms with Crippen LogP contribution >= 0.6 is 0 Å². The molecule has 1 aliphatic carbocycles. The predicted molar refractivity (Wildman–Crippen MR) is 74.2 cm³/mol. The number of fused-ring (bicyclic) bond motifs is 1. The monoisotopic (exact) mass is 313 g/mol. The van der Waals surface area contributed by atoms with E-state index in [1.807, 2.05) is 24.3 Å². The number of benzene rings is 1. The highest BCUT2D eigenvalue weighted by molar-refractivity contribution is 5.77. The van der Waals surface area contributed by atoms with Crippen molar-refractivity contribution >= 4 is 5.91 Å². The Bertz CT molecular complexity index is 555. The maximum atomic E-state index is 12.6. The van der Waals surface area contributed by atoms with Gasteiger partial charge in [-0.25, -0.2) is 0 Å². The van der Waals surface area contributed by atoms with E-state index in [-0.39, 0.29) is 12.5 Å². The summed E-state index contributed by atoms with van der Waals surface area (Å²) in [5.41, 5.74) is 2.03. The van der Waals surface area contributed by atoms with E-state index in [1.54, 1.807) is 0 Å². The largest absolute Gasteiger partial charge is 0.406 e. The van der Waals surface area contributed by atoms with Gasteiger partial charge in [-0.05, 0) is 30.4 Å². The van der Waals surface area contributed by atoms with Crippen LogP contribution in [0.3, 0.4) is 0 Å². The van der Waals surface area contributed by atoms with Gasteiger partial charge in [0.15, 0.2) is 0 Å². The van der Waals surface area contributed by atoms with Gasteiger partial charge in [0.2, 0.25) is 5.91 Å². The molecule has 0 aromatic heterocycles. The Kier molecular flexibility index (Phi) is 4.12. The van der Waals surface area contributed by atoms with E-state index in [9.17, 15) is 18.0 Å². The molecule has 0 saturated heterocycles. The molecule has 0 spiro atoms. The Morgan fingerprint density at radius 1 is 1.27 bits per heavy atom. The Labute approximate surface area is 127 Å². The number of carbonyl (C=O) groups is 1. The van der Waals surface area contributed by atoms with E-state index in [4.69, 9.17) is 4.74 Å². The van der Waals surface area contributed by atoms with Crippen molar-refractivity contribution in [1.29, 1.82) is 0 Å². The number of ether oxygens (including phenoxy) is 1. The van der Waals surface area contributed by atoms with Crippen LogP contribution in [0.2, 0.25) is 0 Å². The molecule has 3 rings (SSSR count). The standard InChI is InChI=1S/C16H18F3NO2/c17-16(18,19)10-20(12-5-6-12)15(21)9-14-13-4-2-1-3-11(13)7-8-22-14/h1-4,12,14H,5-10H2. The first-order valence-electron chi connectivity index (χ1n) is 7.49. The number of amides is 1. The van der Waals surface area contributed by atoms with Crippen LogP contribution in [0, 0.1) is 0 Å². The van der Waals surface area contributed by atoms with Gasteiger partial charge in [0.25, 0.3) is 0 Å². The van der Waals surface area contributed by atoms with Gasteiger partial charge in [0, 0.05) is 6.04 Å². The number of rotatable bonds is 4. The zero-order valence-corrected chi connectivity index (χ0v) is 12.1. The molecule has 1 saturated carbocycles. The van der Waals surface area contributed by atoms with Gasteiger partial charge in [-0.1, -0.05) is 24.3 Å². The predicted octanol–water partition coefficient (Wildman–Crippen LogP) is 3.24. The molecule has 1 unspecified atom stereocenters. The fourth-order valence-corrected chi connectivity index (χ4v) is 2.92. The topological polar surface area (TPSA) is 29.5 Å². The first-order valence-corrected chi connectivity index (χ1v) is 7.49. The van der Waals surface area contributed by atoms with Crippen molar-refractivity contribution < 1.29 is 22.7 Å².